The second-order valence-electron chi connectivity index (χ2n) is 6.01. The molecule has 1 heterocycles. The molecule has 1 aliphatic heterocycles. The Hall–Kier alpha value is -1.55. The lowest BCUT2D eigenvalue weighted by molar-refractivity contribution is 0.0688. The van der Waals surface area contributed by atoms with Crippen LogP contribution in [0.15, 0.2) is 18.2 Å². The first-order valence-corrected chi connectivity index (χ1v) is 7.68. The number of fused-ring (bicyclic) bond motifs is 1. The summed E-state index contributed by atoms with van der Waals surface area (Å²) in [4.78, 5) is 14.6. The maximum atomic E-state index is 12.8. The molecule has 0 radical (unpaired) electrons. The topological polar surface area (TPSA) is 49.8 Å². The second-order valence-corrected chi connectivity index (χ2v) is 6.01. The maximum Gasteiger partial charge on any atom is 0.257 e. The third kappa shape index (κ3) is 3.05. The number of aliphatic hydroxyl groups excluding tert-OH is 1. The van der Waals surface area contributed by atoms with Crippen LogP contribution < -0.4 is 4.74 Å². The zero-order valence-corrected chi connectivity index (χ0v) is 13.3. The van der Waals surface area contributed by atoms with Gasteiger partial charge >= 0.3 is 0 Å². The SMILES string of the molecule is CC1Oc2c(C(=O)N(CCCO)C(C)C)cccc2C1C. The first-order chi connectivity index (χ1) is 9.97. The highest BCUT2D eigenvalue weighted by Crippen LogP contribution is 2.40. The quantitative estimate of drug-likeness (QED) is 0.907. The lowest BCUT2D eigenvalue weighted by Gasteiger charge is -2.27. The van der Waals surface area contributed by atoms with Gasteiger partial charge in [-0.3, -0.25) is 4.79 Å². The third-order valence-electron chi connectivity index (χ3n) is 4.22. The highest BCUT2D eigenvalue weighted by Gasteiger charge is 2.32. The molecule has 21 heavy (non-hydrogen) atoms. The molecular weight excluding hydrogens is 266 g/mol. The predicted octanol–water partition coefficient (Wildman–Crippen LogP) is 2.80. The average molecular weight is 291 g/mol. The van der Waals surface area contributed by atoms with Gasteiger partial charge in [0.1, 0.15) is 11.9 Å². The van der Waals surface area contributed by atoms with E-state index >= 15 is 0 Å². The number of rotatable bonds is 5. The van der Waals surface area contributed by atoms with E-state index in [0.717, 1.165) is 11.3 Å². The number of carbonyl (C=O) groups is 1. The first-order valence-electron chi connectivity index (χ1n) is 7.68. The summed E-state index contributed by atoms with van der Waals surface area (Å²) >= 11 is 0. The lowest BCUT2D eigenvalue weighted by Crippen LogP contribution is -2.38. The van der Waals surface area contributed by atoms with Crippen molar-refractivity contribution in [2.45, 2.75) is 52.2 Å². The van der Waals surface area contributed by atoms with E-state index in [9.17, 15) is 4.79 Å². The third-order valence-corrected chi connectivity index (χ3v) is 4.22. The summed E-state index contributed by atoms with van der Waals surface area (Å²) in [7, 11) is 0. The van der Waals surface area contributed by atoms with E-state index in [1.54, 1.807) is 4.90 Å². The van der Waals surface area contributed by atoms with E-state index in [2.05, 4.69) is 6.92 Å². The van der Waals surface area contributed by atoms with Gasteiger partial charge in [0, 0.05) is 30.7 Å². The zero-order valence-electron chi connectivity index (χ0n) is 13.3. The summed E-state index contributed by atoms with van der Waals surface area (Å²) in [6.45, 7) is 8.78. The number of carbonyl (C=O) groups excluding carboxylic acids is 1. The molecule has 4 nitrogen and oxygen atoms in total. The van der Waals surface area contributed by atoms with E-state index in [0.29, 0.717) is 24.4 Å². The van der Waals surface area contributed by atoms with Crippen LogP contribution in [0.25, 0.3) is 0 Å². The molecule has 1 aliphatic rings. The average Bonchev–Trinajstić information content (AvgIpc) is 2.74. The van der Waals surface area contributed by atoms with E-state index in [1.807, 2.05) is 39.0 Å². The van der Waals surface area contributed by atoms with Gasteiger partial charge in [-0.05, 0) is 33.3 Å². The molecule has 2 atom stereocenters. The van der Waals surface area contributed by atoms with Gasteiger partial charge in [0.25, 0.3) is 5.91 Å². The van der Waals surface area contributed by atoms with E-state index in [-0.39, 0.29) is 24.7 Å². The highest BCUT2D eigenvalue weighted by molar-refractivity contribution is 5.97. The van der Waals surface area contributed by atoms with E-state index in [1.165, 1.54) is 0 Å². The summed E-state index contributed by atoms with van der Waals surface area (Å²) in [5, 5.41) is 9.01. The molecule has 4 heteroatoms. The zero-order chi connectivity index (χ0) is 15.6. The van der Waals surface area contributed by atoms with Crippen molar-refractivity contribution in [3.05, 3.63) is 29.3 Å². The van der Waals surface area contributed by atoms with Crippen LogP contribution in [0.2, 0.25) is 0 Å². The van der Waals surface area contributed by atoms with Gasteiger partial charge < -0.3 is 14.7 Å². The van der Waals surface area contributed by atoms with Crippen LogP contribution in [0, 0.1) is 0 Å². The van der Waals surface area contributed by atoms with Gasteiger partial charge in [0.2, 0.25) is 0 Å². The number of amides is 1. The summed E-state index contributed by atoms with van der Waals surface area (Å²) in [6.07, 6.45) is 0.686. The van der Waals surface area contributed by atoms with Crippen molar-refractivity contribution in [3.63, 3.8) is 0 Å². The molecule has 0 saturated heterocycles. The van der Waals surface area contributed by atoms with Gasteiger partial charge in [-0.25, -0.2) is 0 Å². The number of hydrogen-bond acceptors (Lipinski definition) is 3. The van der Waals surface area contributed by atoms with Gasteiger partial charge in [0.15, 0.2) is 0 Å². The summed E-state index contributed by atoms with van der Waals surface area (Å²) in [6, 6.07) is 5.89. The molecule has 1 aromatic carbocycles. The fourth-order valence-electron chi connectivity index (χ4n) is 2.74. The molecule has 1 aromatic rings. The van der Waals surface area contributed by atoms with Crippen molar-refractivity contribution in [1.29, 1.82) is 0 Å². The predicted molar refractivity (Wildman–Crippen MR) is 82.8 cm³/mol. The molecule has 1 amide bonds. The molecule has 1 N–H and O–H groups in total. The largest absolute Gasteiger partial charge is 0.489 e. The van der Waals surface area contributed by atoms with Crippen molar-refractivity contribution in [3.8, 4) is 5.75 Å². The number of nitrogens with zero attached hydrogens (tertiary/aromatic N) is 1. The molecule has 116 valence electrons. The number of para-hydroxylation sites is 1. The van der Waals surface area contributed by atoms with Crippen LogP contribution >= 0.6 is 0 Å². The highest BCUT2D eigenvalue weighted by atomic mass is 16.5. The van der Waals surface area contributed by atoms with Crippen molar-refractivity contribution in [1.82, 2.24) is 4.90 Å². The normalized spacial score (nSPS) is 20.3. The Morgan fingerprint density at radius 2 is 2.10 bits per heavy atom. The van der Waals surface area contributed by atoms with Gasteiger partial charge in [-0.15, -0.1) is 0 Å². The summed E-state index contributed by atoms with van der Waals surface area (Å²) in [5.41, 5.74) is 1.74. The molecule has 2 rings (SSSR count). The molecule has 0 fully saturated rings. The second kappa shape index (κ2) is 6.48. The van der Waals surface area contributed by atoms with Crippen LogP contribution in [0.4, 0.5) is 0 Å². The number of hydrogen-bond donors (Lipinski definition) is 1. The number of benzene rings is 1. The van der Waals surface area contributed by atoms with Crippen molar-refractivity contribution in [2.24, 2.45) is 0 Å². The first kappa shape index (κ1) is 15.8. The monoisotopic (exact) mass is 291 g/mol. The van der Waals surface area contributed by atoms with Crippen LogP contribution in [0.3, 0.4) is 0 Å². The minimum absolute atomic E-state index is 0.0170. The van der Waals surface area contributed by atoms with E-state index < -0.39 is 0 Å². The van der Waals surface area contributed by atoms with Crippen molar-refractivity contribution < 1.29 is 14.6 Å². The molecule has 0 saturated carbocycles. The van der Waals surface area contributed by atoms with Gasteiger partial charge in [-0.1, -0.05) is 19.1 Å². The molecule has 2 unspecified atom stereocenters. The maximum absolute atomic E-state index is 12.8. The van der Waals surface area contributed by atoms with Crippen LogP contribution in [0.5, 0.6) is 5.75 Å². The van der Waals surface area contributed by atoms with Crippen LogP contribution in [-0.4, -0.2) is 41.2 Å². The standard InChI is InChI=1S/C17H25NO3/c1-11(2)18(9-6-10-19)17(20)15-8-5-7-14-12(3)13(4)21-16(14)15/h5,7-8,11-13,19H,6,9-10H2,1-4H3. The molecule has 0 aliphatic carbocycles. The molecule has 0 bridgehead atoms. The lowest BCUT2D eigenvalue weighted by atomic mass is 9.96. The Kier molecular flexibility index (Phi) is 4.88. The fourth-order valence-corrected chi connectivity index (χ4v) is 2.74. The number of aliphatic hydroxyl groups is 1. The van der Waals surface area contributed by atoms with Gasteiger partial charge in [-0.2, -0.15) is 0 Å². The smallest absolute Gasteiger partial charge is 0.257 e. The van der Waals surface area contributed by atoms with Crippen molar-refractivity contribution >= 4 is 5.91 Å². The Labute approximate surface area is 126 Å². The molecule has 0 aromatic heterocycles. The fraction of sp³-hybridized carbons (Fsp3) is 0.588. The number of ether oxygens (including phenoxy) is 1. The minimum Gasteiger partial charge on any atom is -0.489 e. The van der Waals surface area contributed by atoms with E-state index in [4.69, 9.17) is 9.84 Å². The Morgan fingerprint density at radius 3 is 2.71 bits per heavy atom. The minimum atomic E-state index is -0.0170. The molecule has 0 spiro atoms. The summed E-state index contributed by atoms with van der Waals surface area (Å²) < 4.78 is 5.91. The van der Waals surface area contributed by atoms with Crippen LogP contribution in [0.1, 0.15) is 56.0 Å². The Morgan fingerprint density at radius 1 is 1.38 bits per heavy atom. The van der Waals surface area contributed by atoms with Crippen LogP contribution in [-0.2, 0) is 0 Å². The molecular formula is C17H25NO3. The van der Waals surface area contributed by atoms with Gasteiger partial charge in [0.05, 0.1) is 5.56 Å². The summed E-state index contributed by atoms with van der Waals surface area (Å²) in [5.74, 6) is 1.02. The van der Waals surface area contributed by atoms with Crippen molar-refractivity contribution in [2.75, 3.05) is 13.2 Å². The Balaban J connectivity index is 2.32. The Bertz CT molecular complexity index is 513.